The van der Waals surface area contributed by atoms with Crippen LogP contribution in [0.5, 0.6) is 17.2 Å². The van der Waals surface area contributed by atoms with Gasteiger partial charge in [-0.05, 0) is 37.1 Å². The van der Waals surface area contributed by atoms with Crippen molar-refractivity contribution in [3.8, 4) is 17.2 Å². The summed E-state index contributed by atoms with van der Waals surface area (Å²) >= 11 is 0. The van der Waals surface area contributed by atoms with E-state index in [9.17, 15) is 4.79 Å². The van der Waals surface area contributed by atoms with Gasteiger partial charge in [-0.3, -0.25) is 4.79 Å². The molecule has 1 fully saturated rings. The lowest BCUT2D eigenvalue weighted by molar-refractivity contribution is 0.0426. The van der Waals surface area contributed by atoms with Crippen LogP contribution in [-0.2, 0) is 4.74 Å². The number of nitrogens with one attached hydrogen (secondary N) is 1. The molecule has 1 N–H and O–H groups in total. The minimum atomic E-state index is -0.379. The number of amides is 1. The van der Waals surface area contributed by atoms with Gasteiger partial charge in [0, 0.05) is 24.4 Å². The van der Waals surface area contributed by atoms with Crippen LogP contribution in [-0.4, -0.2) is 51.4 Å². The Balaban J connectivity index is 1.77. The van der Waals surface area contributed by atoms with E-state index < -0.39 is 0 Å². The van der Waals surface area contributed by atoms with Crippen molar-refractivity contribution in [2.45, 2.75) is 25.1 Å². The standard InChI is InChI=1S/C22H26N2O5/c1-26-18-11-14(12-19(27-2)20(18)28-3)21-23-17-9-5-4-8-16(17)22(25)24(21)13-15-7-6-10-29-15/h4-5,8-9,11-12,15,21,23H,6-7,10,13H2,1-3H3/t15-,21+/m0/s1. The van der Waals surface area contributed by atoms with Gasteiger partial charge in [-0.15, -0.1) is 0 Å². The highest BCUT2D eigenvalue weighted by Gasteiger charge is 2.36. The number of rotatable bonds is 6. The van der Waals surface area contributed by atoms with Crippen LogP contribution >= 0.6 is 0 Å². The van der Waals surface area contributed by atoms with Crippen LogP contribution in [0.25, 0.3) is 0 Å². The molecule has 0 spiro atoms. The van der Waals surface area contributed by atoms with E-state index in [4.69, 9.17) is 18.9 Å². The topological polar surface area (TPSA) is 69.3 Å². The third-order valence-electron chi connectivity index (χ3n) is 5.45. The zero-order chi connectivity index (χ0) is 20.4. The number of para-hydroxylation sites is 1. The van der Waals surface area contributed by atoms with Crippen LogP contribution in [0.3, 0.4) is 0 Å². The largest absolute Gasteiger partial charge is 0.493 e. The molecule has 0 saturated carbocycles. The average Bonchev–Trinajstić information content (AvgIpc) is 3.27. The molecule has 4 rings (SSSR count). The lowest BCUT2D eigenvalue weighted by Crippen LogP contribution is -2.46. The molecule has 2 heterocycles. The highest BCUT2D eigenvalue weighted by atomic mass is 16.5. The predicted octanol–water partition coefficient (Wildman–Crippen LogP) is 3.46. The van der Waals surface area contributed by atoms with E-state index >= 15 is 0 Å². The summed E-state index contributed by atoms with van der Waals surface area (Å²) in [5, 5.41) is 3.51. The summed E-state index contributed by atoms with van der Waals surface area (Å²) in [6.07, 6.45) is 1.63. The lowest BCUT2D eigenvalue weighted by atomic mass is 10.0. The monoisotopic (exact) mass is 398 g/mol. The van der Waals surface area contributed by atoms with Crippen molar-refractivity contribution >= 4 is 11.6 Å². The Bertz CT molecular complexity index is 870. The highest BCUT2D eigenvalue weighted by Crippen LogP contribution is 2.42. The molecule has 7 nitrogen and oxygen atoms in total. The third kappa shape index (κ3) is 3.58. The Morgan fingerprint density at radius 3 is 2.45 bits per heavy atom. The summed E-state index contributed by atoms with van der Waals surface area (Å²) < 4.78 is 22.3. The van der Waals surface area contributed by atoms with Gasteiger partial charge in [0.05, 0.1) is 33.0 Å². The number of carbonyl (C=O) groups excluding carboxylic acids is 1. The molecule has 0 radical (unpaired) electrons. The number of nitrogens with zero attached hydrogens (tertiary/aromatic N) is 1. The van der Waals surface area contributed by atoms with Crippen molar-refractivity contribution in [3.63, 3.8) is 0 Å². The van der Waals surface area contributed by atoms with Gasteiger partial charge in [0.15, 0.2) is 11.5 Å². The smallest absolute Gasteiger partial charge is 0.257 e. The number of methoxy groups -OCH3 is 3. The molecular weight excluding hydrogens is 372 g/mol. The third-order valence-corrected chi connectivity index (χ3v) is 5.45. The lowest BCUT2D eigenvalue weighted by Gasteiger charge is -2.39. The number of anilines is 1. The maximum absolute atomic E-state index is 13.4. The average molecular weight is 398 g/mol. The molecule has 7 heteroatoms. The van der Waals surface area contributed by atoms with Gasteiger partial charge in [-0.25, -0.2) is 0 Å². The number of hydrogen-bond donors (Lipinski definition) is 1. The predicted molar refractivity (Wildman–Crippen MR) is 109 cm³/mol. The first-order valence-corrected chi connectivity index (χ1v) is 9.74. The molecule has 2 aliphatic rings. The van der Waals surface area contributed by atoms with Gasteiger partial charge in [-0.1, -0.05) is 12.1 Å². The molecule has 2 atom stereocenters. The molecule has 2 aliphatic heterocycles. The molecule has 1 saturated heterocycles. The van der Waals surface area contributed by atoms with E-state index in [-0.39, 0.29) is 18.2 Å². The fourth-order valence-corrected chi connectivity index (χ4v) is 4.01. The summed E-state index contributed by atoms with van der Waals surface area (Å²) in [5.74, 6) is 1.60. The first-order chi connectivity index (χ1) is 14.2. The second-order valence-electron chi connectivity index (χ2n) is 7.14. The van der Waals surface area contributed by atoms with E-state index in [1.807, 2.05) is 41.3 Å². The molecule has 0 aliphatic carbocycles. The minimum Gasteiger partial charge on any atom is -0.493 e. The summed E-state index contributed by atoms with van der Waals surface area (Å²) in [6.45, 7) is 1.26. The summed E-state index contributed by atoms with van der Waals surface area (Å²) in [4.78, 5) is 15.2. The quantitative estimate of drug-likeness (QED) is 0.804. The Kier molecular flexibility index (Phi) is 5.49. The van der Waals surface area contributed by atoms with Crippen LogP contribution in [0, 0.1) is 0 Å². The molecule has 154 valence electrons. The number of carbonyl (C=O) groups is 1. The first kappa shape index (κ1) is 19.4. The van der Waals surface area contributed by atoms with Gasteiger partial charge in [-0.2, -0.15) is 0 Å². The number of ether oxygens (including phenoxy) is 4. The Hall–Kier alpha value is -2.93. The second kappa shape index (κ2) is 8.21. The summed E-state index contributed by atoms with van der Waals surface area (Å²) in [7, 11) is 4.74. The van der Waals surface area contributed by atoms with Crippen molar-refractivity contribution in [2.75, 3.05) is 39.8 Å². The van der Waals surface area contributed by atoms with Crippen LogP contribution in [0.1, 0.15) is 34.9 Å². The first-order valence-electron chi connectivity index (χ1n) is 9.74. The van der Waals surface area contributed by atoms with Crippen LogP contribution in [0.4, 0.5) is 5.69 Å². The minimum absolute atomic E-state index is 0.0198. The van der Waals surface area contributed by atoms with Gasteiger partial charge < -0.3 is 29.2 Å². The molecular formula is C22H26N2O5. The van der Waals surface area contributed by atoms with Gasteiger partial charge >= 0.3 is 0 Å². The fraction of sp³-hybridized carbons (Fsp3) is 0.409. The second-order valence-corrected chi connectivity index (χ2v) is 7.14. The molecule has 2 aromatic rings. The Morgan fingerprint density at radius 2 is 1.83 bits per heavy atom. The zero-order valence-electron chi connectivity index (χ0n) is 16.9. The van der Waals surface area contributed by atoms with Crippen LogP contribution < -0.4 is 19.5 Å². The van der Waals surface area contributed by atoms with Crippen molar-refractivity contribution < 1.29 is 23.7 Å². The van der Waals surface area contributed by atoms with Crippen molar-refractivity contribution in [3.05, 3.63) is 47.5 Å². The van der Waals surface area contributed by atoms with Gasteiger partial charge in [0.2, 0.25) is 5.75 Å². The SMILES string of the molecule is COc1cc([C@@H]2Nc3ccccc3C(=O)N2C[C@@H]2CCCO2)cc(OC)c1OC. The maximum atomic E-state index is 13.4. The van der Waals surface area contributed by atoms with Gasteiger partial charge in [0.25, 0.3) is 5.91 Å². The zero-order valence-corrected chi connectivity index (χ0v) is 16.9. The number of benzene rings is 2. The highest BCUT2D eigenvalue weighted by molar-refractivity contribution is 6.01. The summed E-state index contributed by atoms with van der Waals surface area (Å²) in [6, 6.07) is 11.3. The van der Waals surface area contributed by atoms with Gasteiger partial charge in [0.1, 0.15) is 6.17 Å². The Labute approximate surface area is 170 Å². The maximum Gasteiger partial charge on any atom is 0.257 e. The molecule has 0 aromatic heterocycles. The number of hydrogen-bond acceptors (Lipinski definition) is 6. The van der Waals surface area contributed by atoms with Crippen molar-refractivity contribution in [2.24, 2.45) is 0 Å². The van der Waals surface area contributed by atoms with Crippen LogP contribution in [0.15, 0.2) is 36.4 Å². The van der Waals surface area contributed by atoms with Crippen LogP contribution in [0.2, 0.25) is 0 Å². The van der Waals surface area contributed by atoms with Crippen molar-refractivity contribution in [1.82, 2.24) is 4.90 Å². The number of fused-ring (bicyclic) bond motifs is 1. The summed E-state index contributed by atoms with van der Waals surface area (Å²) in [5.41, 5.74) is 2.31. The molecule has 0 unspecified atom stereocenters. The van der Waals surface area contributed by atoms with E-state index in [1.165, 1.54) is 0 Å². The van der Waals surface area contributed by atoms with E-state index in [0.29, 0.717) is 29.4 Å². The fourth-order valence-electron chi connectivity index (χ4n) is 4.01. The molecule has 0 bridgehead atoms. The van der Waals surface area contributed by atoms with E-state index in [1.54, 1.807) is 21.3 Å². The molecule has 29 heavy (non-hydrogen) atoms. The molecule has 2 aromatic carbocycles. The van der Waals surface area contributed by atoms with E-state index in [2.05, 4.69) is 5.32 Å². The van der Waals surface area contributed by atoms with E-state index in [0.717, 1.165) is 30.7 Å². The molecule has 1 amide bonds. The Morgan fingerprint density at radius 1 is 1.10 bits per heavy atom. The normalized spacial score (nSPS) is 20.8. The van der Waals surface area contributed by atoms with Crippen molar-refractivity contribution in [1.29, 1.82) is 0 Å².